The van der Waals surface area contributed by atoms with Crippen LogP contribution in [-0.2, 0) is 16.4 Å². The minimum atomic E-state index is -3.19. The van der Waals surface area contributed by atoms with Crippen LogP contribution in [0.15, 0.2) is 46.0 Å². The summed E-state index contributed by atoms with van der Waals surface area (Å²) < 4.78 is 26.3. The van der Waals surface area contributed by atoms with Gasteiger partial charge in [0.25, 0.3) is 5.56 Å². The summed E-state index contributed by atoms with van der Waals surface area (Å²) in [5, 5.41) is -0.465. The monoisotopic (exact) mass is 350 g/mol. The summed E-state index contributed by atoms with van der Waals surface area (Å²) in [6.45, 7) is 5.02. The van der Waals surface area contributed by atoms with Crippen molar-refractivity contribution in [2.75, 3.05) is 5.75 Å². The van der Waals surface area contributed by atoms with Gasteiger partial charge in [0.2, 0.25) is 0 Å². The molecule has 0 unspecified atom stereocenters. The number of sulfone groups is 1. The van der Waals surface area contributed by atoms with Crippen LogP contribution < -0.4 is 11.2 Å². The standard InChI is InChI=1S/C17H22N2O4S/c1-13(2)24(22,23)11-7-10-18-16(20)12-14(3)19(17(18)21)15-8-5-4-6-9-15/h4-6,8-9,12-13H,7,10-11H2,1-3H3. The Morgan fingerprint density at radius 3 is 2.29 bits per heavy atom. The van der Waals surface area contributed by atoms with Gasteiger partial charge in [0.15, 0.2) is 9.84 Å². The highest BCUT2D eigenvalue weighted by Crippen LogP contribution is 2.07. The summed E-state index contributed by atoms with van der Waals surface area (Å²) in [7, 11) is -3.19. The number of nitrogens with zero attached hydrogens (tertiary/aromatic N) is 2. The van der Waals surface area contributed by atoms with Gasteiger partial charge in [0.05, 0.1) is 16.7 Å². The second-order valence-corrected chi connectivity index (χ2v) is 8.68. The van der Waals surface area contributed by atoms with Crippen LogP contribution in [0.25, 0.3) is 5.69 Å². The van der Waals surface area contributed by atoms with E-state index in [0.29, 0.717) is 11.4 Å². The molecule has 1 aromatic carbocycles. The van der Waals surface area contributed by atoms with E-state index in [1.165, 1.54) is 10.6 Å². The molecule has 7 heteroatoms. The van der Waals surface area contributed by atoms with Gasteiger partial charge in [-0.05, 0) is 39.3 Å². The molecule has 0 saturated carbocycles. The van der Waals surface area contributed by atoms with Crippen molar-refractivity contribution in [3.8, 4) is 5.69 Å². The van der Waals surface area contributed by atoms with E-state index in [0.717, 1.165) is 4.57 Å². The van der Waals surface area contributed by atoms with Gasteiger partial charge in [-0.3, -0.25) is 13.9 Å². The highest BCUT2D eigenvalue weighted by Gasteiger charge is 2.16. The lowest BCUT2D eigenvalue weighted by atomic mass is 10.3. The van der Waals surface area contributed by atoms with Gasteiger partial charge in [-0.1, -0.05) is 18.2 Å². The quantitative estimate of drug-likeness (QED) is 0.791. The molecule has 1 aromatic heterocycles. The molecule has 0 aliphatic carbocycles. The topological polar surface area (TPSA) is 78.1 Å². The summed E-state index contributed by atoms with van der Waals surface area (Å²) in [6.07, 6.45) is 0.230. The smallest absolute Gasteiger partial charge is 0.269 e. The summed E-state index contributed by atoms with van der Waals surface area (Å²) in [4.78, 5) is 24.8. The zero-order valence-corrected chi connectivity index (χ0v) is 14.9. The van der Waals surface area contributed by atoms with Gasteiger partial charge >= 0.3 is 5.69 Å². The number of aryl methyl sites for hydroxylation is 1. The fourth-order valence-corrected chi connectivity index (χ4v) is 3.45. The number of hydrogen-bond donors (Lipinski definition) is 0. The molecular weight excluding hydrogens is 328 g/mol. The third-order valence-electron chi connectivity index (χ3n) is 3.92. The molecule has 0 amide bonds. The molecule has 1 heterocycles. The summed E-state index contributed by atoms with van der Waals surface area (Å²) >= 11 is 0. The highest BCUT2D eigenvalue weighted by molar-refractivity contribution is 7.91. The Hall–Kier alpha value is -2.15. The van der Waals surface area contributed by atoms with Crippen molar-refractivity contribution in [3.05, 3.63) is 62.9 Å². The number of para-hydroxylation sites is 1. The zero-order valence-electron chi connectivity index (χ0n) is 14.1. The second-order valence-electron chi connectivity index (χ2n) is 6.00. The fourth-order valence-electron chi connectivity index (χ4n) is 2.44. The van der Waals surface area contributed by atoms with E-state index in [-0.39, 0.29) is 18.7 Å². The molecule has 2 rings (SSSR count). The SMILES string of the molecule is Cc1cc(=O)n(CCCS(=O)(=O)C(C)C)c(=O)n1-c1ccccc1. The third kappa shape index (κ3) is 3.84. The zero-order chi connectivity index (χ0) is 17.9. The first-order valence-electron chi connectivity index (χ1n) is 7.84. The molecule has 0 fully saturated rings. The van der Waals surface area contributed by atoms with Crippen LogP contribution in [0.1, 0.15) is 26.0 Å². The summed E-state index contributed by atoms with van der Waals surface area (Å²) in [5.41, 5.74) is 0.352. The maximum atomic E-state index is 12.7. The Morgan fingerprint density at radius 2 is 1.71 bits per heavy atom. The normalized spacial score (nSPS) is 11.8. The molecule has 0 spiro atoms. The van der Waals surface area contributed by atoms with Crippen molar-refractivity contribution < 1.29 is 8.42 Å². The Balaban J connectivity index is 2.35. The van der Waals surface area contributed by atoms with Gasteiger partial charge in [-0.2, -0.15) is 0 Å². The van der Waals surface area contributed by atoms with E-state index in [2.05, 4.69) is 0 Å². The first kappa shape index (κ1) is 18.2. The van der Waals surface area contributed by atoms with Crippen LogP contribution in [0.5, 0.6) is 0 Å². The van der Waals surface area contributed by atoms with Crippen molar-refractivity contribution >= 4 is 9.84 Å². The predicted molar refractivity (Wildman–Crippen MR) is 94.6 cm³/mol. The van der Waals surface area contributed by atoms with E-state index in [1.54, 1.807) is 32.9 Å². The van der Waals surface area contributed by atoms with Crippen LogP contribution in [0.4, 0.5) is 0 Å². The van der Waals surface area contributed by atoms with Crippen LogP contribution >= 0.6 is 0 Å². The molecule has 2 aromatic rings. The lowest BCUT2D eigenvalue weighted by Crippen LogP contribution is -2.40. The highest BCUT2D eigenvalue weighted by atomic mass is 32.2. The van der Waals surface area contributed by atoms with Crippen LogP contribution in [0.2, 0.25) is 0 Å². The number of hydrogen-bond acceptors (Lipinski definition) is 4. The van der Waals surface area contributed by atoms with Gasteiger partial charge in [0, 0.05) is 18.3 Å². The van der Waals surface area contributed by atoms with Crippen LogP contribution in [-0.4, -0.2) is 28.6 Å². The minimum Gasteiger partial charge on any atom is -0.269 e. The van der Waals surface area contributed by atoms with Crippen LogP contribution in [0, 0.1) is 6.92 Å². The number of aromatic nitrogens is 2. The fraction of sp³-hybridized carbons (Fsp3) is 0.412. The van der Waals surface area contributed by atoms with E-state index in [9.17, 15) is 18.0 Å². The molecule has 6 nitrogen and oxygen atoms in total. The second kappa shape index (κ2) is 7.17. The molecular formula is C17H22N2O4S. The van der Waals surface area contributed by atoms with Gasteiger partial charge in [0.1, 0.15) is 0 Å². The Bertz CT molecular complexity index is 925. The third-order valence-corrected chi connectivity index (χ3v) is 6.21. The molecule has 0 N–H and O–H groups in total. The van der Waals surface area contributed by atoms with Gasteiger partial charge in [-0.25, -0.2) is 13.2 Å². The number of benzene rings is 1. The Labute approximate surface area is 141 Å². The van der Waals surface area contributed by atoms with Crippen molar-refractivity contribution in [1.29, 1.82) is 0 Å². The average molecular weight is 350 g/mol. The van der Waals surface area contributed by atoms with E-state index >= 15 is 0 Å². The number of rotatable bonds is 6. The maximum absolute atomic E-state index is 12.7. The lowest BCUT2D eigenvalue weighted by molar-refractivity contribution is 0.564. The lowest BCUT2D eigenvalue weighted by Gasteiger charge is -2.13. The average Bonchev–Trinajstić information content (AvgIpc) is 2.51. The molecule has 0 atom stereocenters. The first-order chi connectivity index (χ1) is 11.2. The predicted octanol–water partition coefficient (Wildman–Crippen LogP) is 1.52. The van der Waals surface area contributed by atoms with E-state index in [1.807, 2.05) is 18.2 Å². The Morgan fingerprint density at radius 1 is 1.08 bits per heavy atom. The van der Waals surface area contributed by atoms with E-state index in [4.69, 9.17) is 0 Å². The first-order valence-corrected chi connectivity index (χ1v) is 9.56. The van der Waals surface area contributed by atoms with Gasteiger partial charge in [-0.15, -0.1) is 0 Å². The molecule has 0 saturated heterocycles. The van der Waals surface area contributed by atoms with Gasteiger partial charge < -0.3 is 0 Å². The molecule has 24 heavy (non-hydrogen) atoms. The van der Waals surface area contributed by atoms with Crippen molar-refractivity contribution in [2.24, 2.45) is 0 Å². The molecule has 130 valence electrons. The maximum Gasteiger partial charge on any atom is 0.335 e. The van der Waals surface area contributed by atoms with Crippen LogP contribution in [0.3, 0.4) is 0 Å². The largest absolute Gasteiger partial charge is 0.335 e. The molecule has 0 aliphatic heterocycles. The minimum absolute atomic E-state index is 0.0459. The van der Waals surface area contributed by atoms with E-state index < -0.39 is 26.3 Å². The molecule has 0 radical (unpaired) electrons. The van der Waals surface area contributed by atoms with Crippen molar-refractivity contribution in [2.45, 2.75) is 39.0 Å². The molecule has 0 aliphatic rings. The van der Waals surface area contributed by atoms with Crippen molar-refractivity contribution in [1.82, 2.24) is 9.13 Å². The van der Waals surface area contributed by atoms with Crippen molar-refractivity contribution in [3.63, 3.8) is 0 Å². The Kier molecular flexibility index (Phi) is 5.43. The molecule has 0 bridgehead atoms. The summed E-state index contributed by atoms with van der Waals surface area (Å²) in [5.74, 6) is -0.0459. The summed E-state index contributed by atoms with van der Waals surface area (Å²) in [6, 6.07) is 10.4.